The van der Waals surface area contributed by atoms with Crippen molar-refractivity contribution in [2.75, 3.05) is 10.6 Å². The van der Waals surface area contributed by atoms with E-state index in [0.29, 0.717) is 17.4 Å². The number of carbonyl (C=O) groups is 1. The summed E-state index contributed by atoms with van der Waals surface area (Å²) in [6.07, 6.45) is 5.13. The third-order valence-electron chi connectivity index (χ3n) is 3.31. The monoisotopic (exact) mass is 298 g/mol. The van der Waals surface area contributed by atoms with Crippen LogP contribution in [-0.4, -0.2) is 21.9 Å². The molecule has 2 N–H and O–H groups in total. The van der Waals surface area contributed by atoms with E-state index in [0.717, 1.165) is 12.8 Å². The number of anilines is 2. The van der Waals surface area contributed by atoms with Gasteiger partial charge in [-0.05, 0) is 37.1 Å². The van der Waals surface area contributed by atoms with E-state index in [1.807, 2.05) is 0 Å². The normalized spacial score (nSPS) is 13.5. The molecule has 2 aromatic rings. The minimum Gasteiger partial charge on any atom is -0.377 e. The summed E-state index contributed by atoms with van der Waals surface area (Å²) in [6, 6.07) is 8.13. The van der Waals surface area contributed by atoms with Crippen LogP contribution in [0.3, 0.4) is 0 Å². The predicted octanol–water partition coefficient (Wildman–Crippen LogP) is 2.82. The van der Waals surface area contributed by atoms with Gasteiger partial charge >= 0.3 is 0 Å². The molecule has 22 heavy (non-hydrogen) atoms. The highest BCUT2D eigenvalue weighted by atomic mass is 16.6. The number of benzene rings is 1. The van der Waals surface area contributed by atoms with Crippen molar-refractivity contribution < 1.29 is 9.72 Å². The number of rotatable bonds is 5. The molecular formula is C15H14N4O3. The smallest absolute Gasteiger partial charge is 0.293 e. The Hall–Kier alpha value is -2.96. The Balaban J connectivity index is 1.82. The van der Waals surface area contributed by atoms with Gasteiger partial charge in [0, 0.05) is 23.9 Å². The molecular weight excluding hydrogens is 284 g/mol. The highest BCUT2D eigenvalue weighted by Crippen LogP contribution is 2.31. The molecule has 1 aromatic heterocycles. The Morgan fingerprint density at radius 2 is 2.14 bits per heavy atom. The van der Waals surface area contributed by atoms with Crippen molar-refractivity contribution in [3.05, 3.63) is 58.4 Å². The Labute approximate surface area is 126 Å². The fourth-order valence-corrected chi connectivity index (χ4v) is 2.03. The minimum atomic E-state index is -0.481. The van der Waals surface area contributed by atoms with Crippen molar-refractivity contribution >= 4 is 23.0 Å². The van der Waals surface area contributed by atoms with Gasteiger partial charge in [0.25, 0.3) is 11.6 Å². The average molecular weight is 298 g/mol. The highest BCUT2D eigenvalue weighted by Gasteiger charge is 2.25. The minimum absolute atomic E-state index is 0.0919. The van der Waals surface area contributed by atoms with Crippen LogP contribution in [0.4, 0.5) is 17.1 Å². The van der Waals surface area contributed by atoms with Crippen molar-refractivity contribution in [1.29, 1.82) is 0 Å². The Bertz CT molecular complexity index is 714. The number of amides is 1. The molecule has 1 fully saturated rings. The second-order valence-electron chi connectivity index (χ2n) is 5.10. The van der Waals surface area contributed by atoms with E-state index >= 15 is 0 Å². The molecule has 0 unspecified atom stereocenters. The van der Waals surface area contributed by atoms with E-state index in [1.54, 1.807) is 30.5 Å². The first-order valence-corrected chi connectivity index (χ1v) is 6.90. The lowest BCUT2D eigenvalue weighted by Gasteiger charge is -2.08. The van der Waals surface area contributed by atoms with Crippen molar-refractivity contribution in [2.24, 2.45) is 0 Å². The molecule has 1 aromatic carbocycles. The lowest BCUT2D eigenvalue weighted by molar-refractivity contribution is -0.384. The second-order valence-corrected chi connectivity index (χ2v) is 5.10. The fourth-order valence-electron chi connectivity index (χ4n) is 2.03. The van der Waals surface area contributed by atoms with Crippen LogP contribution in [-0.2, 0) is 0 Å². The number of nitro benzene ring substituents is 1. The second kappa shape index (κ2) is 5.80. The molecule has 0 radical (unpaired) electrons. The first kappa shape index (κ1) is 14.0. The van der Waals surface area contributed by atoms with E-state index in [2.05, 4.69) is 15.6 Å². The quantitative estimate of drug-likeness (QED) is 0.653. The Morgan fingerprint density at radius 1 is 1.32 bits per heavy atom. The van der Waals surface area contributed by atoms with Crippen LogP contribution in [0.1, 0.15) is 23.2 Å². The van der Waals surface area contributed by atoms with E-state index in [1.165, 1.54) is 12.3 Å². The van der Waals surface area contributed by atoms with Gasteiger partial charge in [0.15, 0.2) is 0 Å². The molecule has 1 aliphatic rings. The first-order chi connectivity index (χ1) is 10.6. The van der Waals surface area contributed by atoms with Crippen LogP contribution in [0, 0.1) is 10.1 Å². The summed E-state index contributed by atoms with van der Waals surface area (Å²) in [5.74, 6) is -0.408. The summed E-state index contributed by atoms with van der Waals surface area (Å²) >= 11 is 0. The summed E-state index contributed by atoms with van der Waals surface area (Å²) < 4.78 is 0. The molecule has 0 saturated heterocycles. The van der Waals surface area contributed by atoms with Crippen molar-refractivity contribution in [3.63, 3.8) is 0 Å². The fraction of sp³-hybridized carbons (Fsp3) is 0.200. The maximum atomic E-state index is 12.2. The zero-order chi connectivity index (χ0) is 15.5. The number of nitro groups is 1. The maximum Gasteiger partial charge on any atom is 0.293 e. The number of carbonyl (C=O) groups excluding carboxylic acids is 1. The molecule has 0 aliphatic heterocycles. The molecule has 1 heterocycles. The molecule has 3 rings (SSSR count). The van der Waals surface area contributed by atoms with Gasteiger partial charge in [0.05, 0.1) is 16.8 Å². The molecule has 7 nitrogen and oxygen atoms in total. The zero-order valence-electron chi connectivity index (χ0n) is 11.7. The van der Waals surface area contributed by atoms with Crippen LogP contribution >= 0.6 is 0 Å². The standard InChI is InChI=1S/C15H14N4O3/c20-15(18-12-2-1-7-16-9-12)10-3-6-13(17-11-4-5-11)14(8-10)19(21)22/h1-3,6-9,11,17H,4-5H2,(H,18,20). The van der Waals surface area contributed by atoms with Gasteiger partial charge in [-0.15, -0.1) is 0 Å². The predicted molar refractivity (Wildman–Crippen MR) is 81.9 cm³/mol. The average Bonchev–Trinajstić information content (AvgIpc) is 3.32. The van der Waals surface area contributed by atoms with Crippen molar-refractivity contribution in [2.45, 2.75) is 18.9 Å². The number of hydrogen-bond acceptors (Lipinski definition) is 5. The Morgan fingerprint density at radius 3 is 2.77 bits per heavy atom. The summed E-state index contributed by atoms with van der Waals surface area (Å²) in [5, 5.41) is 16.9. The lowest BCUT2D eigenvalue weighted by Crippen LogP contribution is -2.13. The topological polar surface area (TPSA) is 97.2 Å². The largest absolute Gasteiger partial charge is 0.377 e. The molecule has 7 heteroatoms. The highest BCUT2D eigenvalue weighted by molar-refractivity contribution is 6.05. The third kappa shape index (κ3) is 3.20. The van der Waals surface area contributed by atoms with Gasteiger partial charge in [-0.2, -0.15) is 0 Å². The summed E-state index contributed by atoms with van der Waals surface area (Å²) in [7, 11) is 0. The number of nitrogens with one attached hydrogen (secondary N) is 2. The van der Waals surface area contributed by atoms with Gasteiger partial charge in [0.1, 0.15) is 5.69 Å². The number of aromatic nitrogens is 1. The maximum absolute atomic E-state index is 12.2. The van der Waals surface area contributed by atoms with Crippen LogP contribution in [0.25, 0.3) is 0 Å². The summed E-state index contributed by atoms with van der Waals surface area (Å²) in [4.78, 5) is 26.8. The van der Waals surface area contributed by atoms with Gasteiger partial charge in [-0.1, -0.05) is 0 Å². The number of pyridine rings is 1. The first-order valence-electron chi connectivity index (χ1n) is 6.90. The summed E-state index contributed by atoms with van der Waals surface area (Å²) in [6.45, 7) is 0. The molecule has 112 valence electrons. The van der Waals surface area contributed by atoms with E-state index < -0.39 is 10.8 Å². The lowest BCUT2D eigenvalue weighted by atomic mass is 10.1. The van der Waals surface area contributed by atoms with Crippen LogP contribution in [0.2, 0.25) is 0 Å². The SMILES string of the molecule is O=C(Nc1cccnc1)c1ccc(NC2CC2)c([N+](=O)[O-])c1. The van der Waals surface area contributed by atoms with Gasteiger partial charge < -0.3 is 10.6 Å². The number of nitrogens with zero attached hydrogens (tertiary/aromatic N) is 2. The van der Waals surface area contributed by atoms with E-state index in [-0.39, 0.29) is 11.3 Å². The van der Waals surface area contributed by atoms with Crippen molar-refractivity contribution in [3.8, 4) is 0 Å². The van der Waals surface area contributed by atoms with E-state index in [9.17, 15) is 14.9 Å². The molecule has 0 bridgehead atoms. The third-order valence-corrected chi connectivity index (χ3v) is 3.31. The van der Waals surface area contributed by atoms with Crippen molar-refractivity contribution in [1.82, 2.24) is 4.98 Å². The van der Waals surface area contributed by atoms with Gasteiger partial charge in [0.2, 0.25) is 0 Å². The van der Waals surface area contributed by atoms with Gasteiger partial charge in [-0.25, -0.2) is 0 Å². The molecule has 1 saturated carbocycles. The number of hydrogen-bond donors (Lipinski definition) is 2. The van der Waals surface area contributed by atoms with Gasteiger partial charge in [-0.3, -0.25) is 19.9 Å². The molecule has 1 aliphatic carbocycles. The summed E-state index contributed by atoms with van der Waals surface area (Å²) in [5.41, 5.74) is 1.13. The molecule has 1 amide bonds. The van der Waals surface area contributed by atoms with Crippen LogP contribution < -0.4 is 10.6 Å². The Kier molecular flexibility index (Phi) is 3.69. The molecule has 0 atom stereocenters. The zero-order valence-corrected chi connectivity index (χ0v) is 11.7. The van der Waals surface area contributed by atoms with Crippen LogP contribution in [0.5, 0.6) is 0 Å². The van der Waals surface area contributed by atoms with Crippen LogP contribution in [0.15, 0.2) is 42.7 Å². The van der Waals surface area contributed by atoms with E-state index in [4.69, 9.17) is 0 Å². The molecule has 0 spiro atoms.